The summed E-state index contributed by atoms with van der Waals surface area (Å²) in [5.41, 5.74) is 4.83. The Bertz CT molecular complexity index is 624. The second-order valence-electron chi connectivity index (χ2n) is 6.48. The van der Waals surface area contributed by atoms with Gasteiger partial charge in [0.15, 0.2) is 5.60 Å². The first-order valence-electron chi connectivity index (χ1n) is 7.79. The van der Waals surface area contributed by atoms with Crippen molar-refractivity contribution < 1.29 is 19.1 Å². The summed E-state index contributed by atoms with van der Waals surface area (Å²) in [6, 6.07) is 7.62. The molecular formula is C17H22N2O4. The normalized spacial score (nSPS) is 25.7. The number of nitrogens with two attached hydrogens (primary N) is 1. The number of nitrogens with zero attached hydrogens (tertiary/aromatic N) is 1. The van der Waals surface area contributed by atoms with Gasteiger partial charge in [0.1, 0.15) is 5.75 Å². The van der Waals surface area contributed by atoms with Crippen LogP contribution in [-0.2, 0) is 19.7 Å². The molecule has 0 spiro atoms. The third-order valence-corrected chi connectivity index (χ3v) is 4.88. The molecule has 2 fully saturated rings. The molecule has 3 rings (SSSR count). The van der Waals surface area contributed by atoms with E-state index in [0.29, 0.717) is 13.2 Å². The summed E-state index contributed by atoms with van der Waals surface area (Å²) in [4.78, 5) is 26.3. The van der Waals surface area contributed by atoms with Crippen molar-refractivity contribution >= 4 is 11.8 Å². The topological polar surface area (TPSA) is 81.9 Å². The van der Waals surface area contributed by atoms with Crippen LogP contribution in [0, 0.1) is 0 Å². The van der Waals surface area contributed by atoms with E-state index in [9.17, 15) is 9.59 Å². The number of carbonyl (C=O) groups excluding carboxylic acids is 2. The molecule has 1 saturated heterocycles. The lowest BCUT2D eigenvalue weighted by Crippen LogP contribution is -2.59. The quantitative estimate of drug-likeness (QED) is 0.891. The third kappa shape index (κ3) is 2.67. The van der Waals surface area contributed by atoms with Crippen LogP contribution in [0.2, 0.25) is 0 Å². The first kappa shape index (κ1) is 15.8. The van der Waals surface area contributed by atoms with Crippen LogP contribution in [0.4, 0.5) is 0 Å². The average Bonchev–Trinajstić information content (AvgIpc) is 3.36. The zero-order valence-corrected chi connectivity index (χ0v) is 13.5. The number of hydrogen-bond donors (Lipinski definition) is 1. The number of methoxy groups -OCH3 is 1. The van der Waals surface area contributed by atoms with Crippen LogP contribution >= 0.6 is 0 Å². The lowest BCUT2D eigenvalue weighted by atomic mass is 9.93. The van der Waals surface area contributed by atoms with E-state index in [1.807, 2.05) is 24.3 Å². The van der Waals surface area contributed by atoms with Gasteiger partial charge in [-0.25, -0.2) is 0 Å². The van der Waals surface area contributed by atoms with Crippen molar-refractivity contribution in [2.24, 2.45) is 5.73 Å². The first-order chi connectivity index (χ1) is 10.9. The van der Waals surface area contributed by atoms with E-state index in [-0.39, 0.29) is 12.5 Å². The number of benzene rings is 1. The molecule has 124 valence electrons. The number of primary amides is 1. The number of carbonyl (C=O) groups is 2. The van der Waals surface area contributed by atoms with E-state index in [1.54, 1.807) is 18.9 Å². The number of hydrogen-bond acceptors (Lipinski definition) is 4. The zero-order valence-electron chi connectivity index (χ0n) is 13.5. The van der Waals surface area contributed by atoms with Crippen LogP contribution in [-0.4, -0.2) is 49.1 Å². The van der Waals surface area contributed by atoms with Crippen LogP contribution in [0.1, 0.15) is 25.3 Å². The highest BCUT2D eigenvalue weighted by Gasteiger charge is 2.54. The van der Waals surface area contributed by atoms with Gasteiger partial charge in [0.05, 0.1) is 25.7 Å². The Morgan fingerprint density at radius 2 is 1.91 bits per heavy atom. The number of morpholine rings is 1. The molecule has 0 bridgehead atoms. The Hall–Kier alpha value is -2.08. The molecule has 1 aliphatic carbocycles. The van der Waals surface area contributed by atoms with E-state index in [0.717, 1.165) is 24.2 Å². The lowest BCUT2D eigenvalue weighted by Gasteiger charge is -2.39. The van der Waals surface area contributed by atoms with Gasteiger partial charge in [-0.05, 0) is 37.5 Å². The van der Waals surface area contributed by atoms with Gasteiger partial charge in [0, 0.05) is 6.54 Å². The summed E-state index contributed by atoms with van der Waals surface area (Å²) < 4.78 is 10.7. The molecule has 1 saturated carbocycles. The van der Waals surface area contributed by atoms with Crippen molar-refractivity contribution in [2.75, 3.05) is 26.8 Å². The second kappa shape index (κ2) is 5.53. The Labute approximate surface area is 135 Å². The third-order valence-electron chi connectivity index (χ3n) is 4.88. The maximum atomic E-state index is 13.0. The first-order valence-corrected chi connectivity index (χ1v) is 7.79. The molecule has 1 unspecified atom stereocenters. The maximum absolute atomic E-state index is 13.0. The van der Waals surface area contributed by atoms with Gasteiger partial charge in [-0.3, -0.25) is 9.59 Å². The second-order valence-corrected chi connectivity index (χ2v) is 6.48. The molecule has 2 aliphatic rings. The summed E-state index contributed by atoms with van der Waals surface area (Å²) in [6.45, 7) is 2.66. The molecule has 1 aromatic carbocycles. The molecule has 2 amide bonds. The highest BCUT2D eigenvalue weighted by atomic mass is 16.5. The van der Waals surface area contributed by atoms with Gasteiger partial charge in [-0.2, -0.15) is 0 Å². The summed E-state index contributed by atoms with van der Waals surface area (Å²) in [5.74, 6) is 0.285. The van der Waals surface area contributed by atoms with Crippen LogP contribution in [0.25, 0.3) is 0 Å². The van der Waals surface area contributed by atoms with Gasteiger partial charge in [-0.1, -0.05) is 12.1 Å². The highest BCUT2D eigenvalue weighted by molar-refractivity contribution is 5.92. The predicted molar refractivity (Wildman–Crippen MR) is 84.0 cm³/mol. The molecule has 23 heavy (non-hydrogen) atoms. The summed E-state index contributed by atoms with van der Waals surface area (Å²) in [6.07, 6.45) is 1.64. The highest BCUT2D eigenvalue weighted by Crippen LogP contribution is 2.50. The van der Waals surface area contributed by atoms with Crippen molar-refractivity contribution in [3.63, 3.8) is 0 Å². The summed E-state index contributed by atoms with van der Waals surface area (Å²) >= 11 is 0. The number of amides is 2. The molecule has 1 aliphatic heterocycles. The largest absolute Gasteiger partial charge is 0.497 e. The van der Waals surface area contributed by atoms with Crippen LogP contribution in [0.15, 0.2) is 24.3 Å². The van der Waals surface area contributed by atoms with Crippen molar-refractivity contribution in [1.29, 1.82) is 0 Å². The maximum Gasteiger partial charge on any atom is 0.251 e. The molecule has 2 N–H and O–H groups in total. The Kier molecular flexibility index (Phi) is 3.80. The minimum atomic E-state index is -1.11. The monoisotopic (exact) mass is 318 g/mol. The average molecular weight is 318 g/mol. The van der Waals surface area contributed by atoms with Gasteiger partial charge in [0.25, 0.3) is 5.91 Å². The Balaban J connectivity index is 1.80. The smallest absolute Gasteiger partial charge is 0.251 e. The van der Waals surface area contributed by atoms with Gasteiger partial charge in [0.2, 0.25) is 5.91 Å². The molecule has 0 radical (unpaired) electrons. The molecule has 1 aromatic rings. The molecule has 6 heteroatoms. The van der Waals surface area contributed by atoms with Crippen molar-refractivity contribution in [2.45, 2.75) is 30.8 Å². The minimum absolute atomic E-state index is 0.0541. The van der Waals surface area contributed by atoms with Crippen molar-refractivity contribution in [1.82, 2.24) is 4.90 Å². The van der Waals surface area contributed by atoms with Crippen LogP contribution in [0.3, 0.4) is 0 Å². The zero-order chi connectivity index (χ0) is 16.7. The van der Waals surface area contributed by atoms with E-state index < -0.39 is 16.9 Å². The van der Waals surface area contributed by atoms with Crippen LogP contribution in [0.5, 0.6) is 5.75 Å². The Morgan fingerprint density at radius 3 is 2.43 bits per heavy atom. The van der Waals surface area contributed by atoms with Crippen LogP contribution < -0.4 is 10.5 Å². The number of rotatable bonds is 4. The van der Waals surface area contributed by atoms with E-state index in [2.05, 4.69) is 0 Å². The lowest BCUT2D eigenvalue weighted by molar-refractivity contribution is -0.161. The summed E-state index contributed by atoms with van der Waals surface area (Å²) in [7, 11) is 1.62. The van der Waals surface area contributed by atoms with E-state index >= 15 is 0 Å². The van der Waals surface area contributed by atoms with Gasteiger partial charge in [-0.15, -0.1) is 0 Å². The summed E-state index contributed by atoms with van der Waals surface area (Å²) in [5, 5.41) is 0. The minimum Gasteiger partial charge on any atom is -0.497 e. The molecule has 6 nitrogen and oxygen atoms in total. The van der Waals surface area contributed by atoms with Gasteiger partial charge >= 0.3 is 0 Å². The van der Waals surface area contributed by atoms with E-state index in [4.69, 9.17) is 15.2 Å². The van der Waals surface area contributed by atoms with Crippen molar-refractivity contribution in [3.05, 3.63) is 29.8 Å². The Morgan fingerprint density at radius 1 is 1.26 bits per heavy atom. The van der Waals surface area contributed by atoms with Gasteiger partial charge < -0.3 is 20.1 Å². The molecule has 1 heterocycles. The molecule has 1 atom stereocenters. The predicted octanol–water partition coefficient (Wildman–Crippen LogP) is 0.830. The SMILES string of the molecule is COc1ccc(C2(C(=O)N3CCOC(C)(C(N)=O)C3)CC2)cc1. The molecule has 0 aromatic heterocycles. The fourth-order valence-electron chi connectivity index (χ4n) is 3.16. The fourth-order valence-corrected chi connectivity index (χ4v) is 3.16. The standard InChI is InChI=1S/C17H22N2O4/c1-16(14(18)20)11-19(9-10-23-16)15(21)17(7-8-17)12-3-5-13(22-2)6-4-12/h3-6H,7-11H2,1-2H3,(H2,18,20). The number of ether oxygens (including phenoxy) is 2. The van der Waals surface area contributed by atoms with Crippen molar-refractivity contribution in [3.8, 4) is 5.75 Å². The fraction of sp³-hybridized carbons (Fsp3) is 0.529. The molecular weight excluding hydrogens is 296 g/mol. The van der Waals surface area contributed by atoms with E-state index in [1.165, 1.54) is 0 Å².